The third kappa shape index (κ3) is 1.38. The van der Waals surface area contributed by atoms with Crippen LogP contribution in [-0.4, -0.2) is 15.0 Å². The van der Waals surface area contributed by atoms with Gasteiger partial charge in [0.2, 0.25) is 5.75 Å². The van der Waals surface area contributed by atoms with Crippen LogP contribution in [0.3, 0.4) is 0 Å². The minimum absolute atomic E-state index is 0.0831. The van der Waals surface area contributed by atoms with Gasteiger partial charge in [0.15, 0.2) is 4.60 Å². The Balaban J connectivity index is 3.43. The van der Waals surface area contributed by atoms with Crippen molar-refractivity contribution in [2.24, 2.45) is 0 Å². The van der Waals surface area contributed by atoms with E-state index in [-0.39, 0.29) is 10.3 Å². The Hall–Kier alpha value is -1.17. The predicted octanol–water partition coefficient (Wildman–Crippen LogP) is 1.77. The maximum atomic E-state index is 10.4. The van der Waals surface area contributed by atoms with E-state index in [9.17, 15) is 15.2 Å². The lowest BCUT2D eigenvalue weighted by molar-refractivity contribution is -0.386. The standard InChI is InChI=1S/C6H5BrN2O3/c1-3-2-8-6(7)5(10)4(3)9(11)12/h2,10H,1H3. The van der Waals surface area contributed by atoms with Gasteiger partial charge in [0, 0.05) is 11.8 Å². The number of aromatic hydroxyl groups is 1. The molecule has 0 aliphatic carbocycles. The van der Waals surface area contributed by atoms with Gasteiger partial charge in [-0.2, -0.15) is 0 Å². The van der Waals surface area contributed by atoms with Gasteiger partial charge < -0.3 is 5.11 Å². The Morgan fingerprint density at radius 1 is 1.75 bits per heavy atom. The van der Waals surface area contributed by atoms with Gasteiger partial charge in [-0.15, -0.1) is 0 Å². The van der Waals surface area contributed by atoms with Gasteiger partial charge in [0.1, 0.15) is 0 Å². The number of pyridine rings is 1. The molecule has 1 aromatic heterocycles. The van der Waals surface area contributed by atoms with Crippen LogP contribution in [0, 0.1) is 17.0 Å². The van der Waals surface area contributed by atoms with Gasteiger partial charge in [0.05, 0.1) is 4.92 Å². The van der Waals surface area contributed by atoms with E-state index in [0.717, 1.165) is 0 Å². The molecular weight excluding hydrogens is 228 g/mol. The largest absolute Gasteiger partial charge is 0.500 e. The van der Waals surface area contributed by atoms with Crippen molar-refractivity contribution < 1.29 is 10.0 Å². The molecule has 0 atom stereocenters. The highest BCUT2D eigenvalue weighted by atomic mass is 79.9. The molecule has 0 radical (unpaired) electrons. The Bertz CT molecular complexity index is 340. The monoisotopic (exact) mass is 232 g/mol. The number of rotatable bonds is 1. The first-order valence-corrected chi connectivity index (χ1v) is 3.81. The third-order valence-electron chi connectivity index (χ3n) is 1.35. The molecule has 0 aromatic carbocycles. The average Bonchev–Trinajstić information content (AvgIpc) is 1.97. The van der Waals surface area contributed by atoms with E-state index in [1.165, 1.54) is 13.1 Å². The lowest BCUT2D eigenvalue weighted by Gasteiger charge is -1.99. The van der Waals surface area contributed by atoms with Crippen LogP contribution in [0.5, 0.6) is 5.75 Å². The summed E-state index contributed by atoms with van der Waals surface area (Å²) in [6.07, 6.45) is 1.32. The predicted molar refractivity (Wildman–Crippen MR) is 45.0 cm³/mol. The fourth-order valence-corrected chi connectivity index (χ4v) is 1.08. The number of aryl methyl sites for hydroxylation is 1. The second kappa shape index (κ2) is 3.06. The molecule has 0 bridgehead atoms. The molecule has 0 amide bonds. The molecule has 6 heteroatoms. The van der Waals surface area contributed by atoms with Crippen LogP contribution in [0.1, 0.15) is 5.56 Å². The first-order chi connectivity index (χ1) is 5.54. The molecule has 1 N–H and O–H groups in total. The zero-order chi connectivity index (χ0) is 9.30. The minimum Gasteiger partial charge on any atom is -0.500 e. The summed E-state index contributed by atoms with van der Waals surface area (Å²) in [7, 11) is 0. The van der Waals surface area contributed by atoms with E-state index < -0.39 is 10.7 Å². The van der Waals surface area contributed by atoms with E-state index in [4.69, 9.17) is 0 Å². The van der Waals surface area contributed by atoms with Gasteiger partial charge in [-0.25, -0.2) is 4.98 Å². The van der Waals surface area contributed by atoms with Crippen molar-refractivity contribution in [3.05, 3.63) is 26.5 Å². The van der Waals surface area contributed by atoms with Crippen LogP contribution >= 0.6 is 15.9 Å². The first-order valence-electron chi connectivity index (χ1n) is 3.02. The summed E-state index contributed by atoms with van der Waals surface area (Å²) in [5.74, 6) is -0.431. The van der Waals surface area contributed by atoms with Crippen LogP contribution in [-0.2, 0) is 0 Å². The highest BCUT2D eigenvalue weighted by Gasteiger charge is 2.19. The molecule has 64 valence electrons. The zero-order valence-corrected chi connectivity index (χ0v) is 7.70. The van der Waals surface area contributed by atoms with Crippen LogP contribution in [0.2, 0.25) is 0 Å². The quantitative estimate of drug-likeness (QED) is 0.455. The van der Waals surface area contributed by atoms with Gasteiger partial charge >= 0.3 is 5.69 Å². The summed E-state index contributed by atoms with van der Waals surface area (Å²) in [6.45, 7) is 1.51. The van der Waals surface area contributed by atoms with Crippen LogP contribution in [0.25, 0.3) is 0 Å². The Morgan fingerprint density at radius 3 is 2.75 bits per heavy atom. The number of nitrogens with zero attached hydrogens (tertiary/aromatic N) is 2. The summed E-state index contributed by atoms with van der Waals surface area (Å²) in [6, 6.07) is 0. The lowest BCUT2D eigenvalue weighted by atomic mass is 10.2. The maximum Gasteiger partial charge on any atom is 0.317 e. The second-order valence-electron chi connectivity index (χ2n) is 2.19. The van der Waals surface area contributed by atoms with Gasteiger partial charge in [-0.05, 0) is 22.9 Å². The summed E-state index contributed by atoms with van der Waals surface area (Å²) in [5, 5.41) is 19.6. The van der Waals surface area contributed by atoms with E-state index >= 15 is 0 Å². The number of aromatic nitrogens is 1. The number of hydrogen-bond donors (Lipinski definition) is 1. The van der Waals surface area contributed by atoms with Crippen molar-refractivity contribution in [1.29, 1.82) is 0 Å². The average molecular weight is 233 g/mol. The molecule has 1 rings (SSSR count). The molecule has 0 spiro atoms. The Kier molecular flexibility index (Phi) is 2.27. The molecule has 0 aliphatic rings. The van der Waals surface area contributed by atoms with Crippen molar-refractivity contribution >= 4 is 21.6 Å². The van der Waals surface area contributed by atoms with E-state index in [2.05, 4.69) is 20.9 Å². The maximum absolute atomic E-state index is 10.4. The molecule has 12 heavy (non-hydrogen) atoms. The van der Waals surface area contributed by atoms with Crippen molar-refractivity contribution in [2.45, 2.75) is 6.92 Å². The highest BCUT2D eigenvalue weighted by molar-refractivity contribution is 9.10. The van der Waals surface area contributed by atoms with Crippen molar-refractivity contribution in [3.63, 3.8) is 0 Å². The SMILES string of the molecule is Cc1cnc(Br)c(O)c1[N+](=O)[O-]. The van der Waals surface area contributed by atoms with E-state index in [1.54, 1.807) is 0 Å². The van der Waals surface area contributed by atoms with Gasteiger partial charge in [-0.3, -0.25) is 10.1 Å². The molecule has 0 saturated carbocycles. The summed E-state index contributed by atoms with van der Waals surface area (Å²) in [5.41, 5.74) is 0.0255. The molecule has 0 aliphatic heterocycles. The van der Waals surface area contributed by atoms with Gasteiger partial charge in [0.25, 0.3) is 0 Å². The Labute approximate surface area is 76.3 Å². The smallest absolute Gasteiger partial charge is 0.317 e. The molecular formula is C6H5BrN2O3. The fraction of sp³-hybridized carbons (Fsp3) is 0.167. The van der Waals surface area contributed by atoms with Crippen LogP contribution < -0.4 is 0 Å². The summed E-state index contributed by atoms with van der Waals surface area (Å²) >= 11 is 2.88. The summed E-state index contributed by atoms with van der Waals surface area (Å²) < 4.78 is 0.0831. The molecule has 1 heterocycles. The first kappa shape index (κ1) is 8.92. The van der Waals surface area contributed by atoms with E-state index in [1.807, 2.05) is 0 Å². The molecule has 1 aromatic rings. The third-order valence-corrected chi connectivity index (χ3v) is 1.93. The van der Waals surface area contributed by atoms with Crippen LogP contribution in [0.4, 0.5) is 5.69 Å². The van der Waals surface area contributed by atoms with E-state index in [0.29, 0.717) is 5.56 Å². The molecule has 0 unspecified atom stereocenters. The van der Waals surface area contributed by atoms with Gasteiger partial charge in [-0.1, -0.05) is 0 Å². The normalized spacial score (nSPS) is 9.83. The van der Waals surface area contributed by atoms with Crippen molar-refractivity contribution in [3.8, 4) is 5.75 Å². The number of nitro groups is 1. The molecule has 5 nitrogen and oxygen atoms in total. The van der Waals surface area contributed by atoms with Crippen LogP contribution in [0.15, 0.2) is 10.8 Å². The summed E-state index contributed by atoms with van der Waals surface area (Å²) in [4.78, 5) is 13.4. The lowest BCUT2D eigenvalue weighted by Crippen LogP contribution is -1.94. The van der Waals surface area contributed by atoms with Crippen molar-refractivity contribution in [1.82, 2.24) is 4.98 Å². The molecule has 0 saturated heterocycles. The highest BCUT2D eigenvalue weighted by Crippen LogP contribution is 2.33. The molecule has 0 fully saturated rings. The minimum atomic E-state index is -0.642. The topological polar surface area (TPSA) is 76.3 Å². The van der Waals surface area contributed by atoms with Crippen molar-refractivity contribution in [2.75, 3.05) is 0 Å². The Morgan fingerprint density at radius 2 is 2.33 bits per heavy atom. The number of hydrogen-bond acceptors (Lipinski definition) is 4. The number of halogens is 1. The zero-order valence-electron chi connectivity index (χ0n) is 6.11. The second-order valence-corrected chi connectivity index (χ2v) is 2.94. The fourth-order valence-electron chi connectivity index (χ4n) is 0.791.